The molecule has 1 saturated carbocycles. The van der Waals surface area contributed by atoms with E-state index in [2.05, 4.69) is 36.2 Å². The quantitative estimate of drug-likeness (QED) is 0.866. The Morgan fingerprint density at radius 1 is 1.25 bits per heavy atom. The van der Waals surface area contributed by atoms with Crippen molar-refractivity contribution in [2.24, 2.45) is 11.3 Å². The SMILES string of the molecule is CCC(C)(C)C1CCC(NCCc2nc(C)no2)CC1. The molecule has 0 aliphatic heterocycles. The first kappa shape index (κ1) is 15.5. The number of aryl methyl sites for hydroxylation is 1. The van der Waals surface area contributed by atoms with Crippen LogP contribution in [0.5, 0.6) is 0 Å². The van der Waals surface area contributed by atoms with Crippen LogP contribution in [-0.4, -0.2) is 22.7 Å². The van der Waals surface area contributed by atoms with Crippen LogP contribution in [0.15, 0.2) is 4.52 Å². The van der Waals surface area contributed by atoms with Crippen LogP contribution >= 0.6 is 0 Å². The van der Waals surface area contributed by atoms with Crippen LogP contribution in [0, 0.1) is 18.3 Å². The maximum Gasteiger partial charge on any atom is 0.227 e. The minimum atomic E-state index is 0.506. The molecule has 1 aromatic heterocycles. The van der Waals surface area contributed by atoms with Crippen LogP contribution in [0.4, 0.5) is 0 Å². The van der Waals surface area contributed by atoms with Crippen LogP contribution in [0.1, 0.15) is 64.6 Å². The van der Waals surface area contributed by atoms with Crippen molar-refractivity contribution in [3.63, 3.8) is 0 Å². The molecule has 0 bridgehead atoms. The Morgan fingerprint density at radius 2 is 1.95 bits per heavy atom. The summed E-state index contributed by atoms with van der Waals surface area (Å²) in [6, 6.07) is 0.669. The highest BCUT2D eigenvalue weighted by molar-refractivity contribution is 4.87. The molecule has 4 nitrogen and oxygen atoms in total. The first-order valence-electron chi connectivity index (χ1n) is 8.04. The normalized spacial score (nSPS) is 24.0. The second-order valence-corrected chi connectivity index (χ2v) is 6.83. The predicted octanol–water partition coefficient (Wildman–Crippen LogP) is 3.51. The largest absolute Gasteiger partial charge is 0.339 e. The van der Waals surface area contributed by atoms with Gasteiger partial charge in [0, 0.05) is 19.0 Å². The van der Waals surface area contributed by atoms with Gasteiger partial charge in [-0.3, -0.25) is 0 Å². The van der Waals surface area contributed by atoms with Crippen molar-refractivity contribution in [2.45, 2.75) is 72.3 Å². The zero-order valence-electron chi connectivity index (χ0n) is 13.4. The van der Waals surface area contributed by atoms with E-state index in [1.54, 1.807) is 0 Å². The van der Waals surface area contributed by atoms with Crippen LogP contribution < -0.4 is 5.32 Å². The summed E-state index contributed by atoms with van der Waals surface area (Å²) >= 11 is 0. The molecule has 1 aromatic rings. The van der Waals surface area contributed by atoms with Gasteiger partial charge in [-0.05, 0) is 43.9 Å². The zero-order valence-corrected chi connectivity index (χ0v) is 13.4. The number of hydrogen-bond acceptors (Lipinski definition) is 4. The molecule has 0 radical (unpaired) electrons. The zero-order chi connectivity index (χ0) is 14.6. The summed E-state index contributed by atoms with van der Waals surface area (Å²) < 4.78 is 5.13. The first-order chi connectivity index (χ1) is 9.51. The lowest BCUT2D eigenvalue weighted by Gasteiger charge is -2.39. The van der Waals surface area contributed by atoms with Crippen molar-refractivity contribution < 1.29 is 4.52 Å². The molecule has 1 N–H and O–H groups in total. The fourth-order valence-corrected chi connectivity index (χ4v) is 3.19. The summed E-state index contributed by atoms with van der Waals surface area (Å²) in [7, 11) is 0. The van der Waals surface area contributed by atoms with Gasteiger partial charge in [-0.25, -0.2) is 0 Å². The molecule has 114 valence electrons. The van der Waals surface area contributed by atoms with E-state index in [9.17, 15) is 0 Å². The Kier molecular flexibility index (Phi) is 5.19. The minimum Gasteiger partial charge on any atom is -0.339 e. The van der Waals surface area contributed by atoms with Gasteiger partial charge in [0.05, 0.1) is 0 Å². The third kappa shape index (κ3) is 4.05. The van der Waals surface area contributed by atoms with E-state index in [0.29, 0.717) is 11.5 Å². The smallest absolute Gasteiger partial charge is 0.227 e. The number of aromatic nitrogens is 2. The molecule has 20 heavy (non-hydrogen) atoms. The Labute approximate surface area is 122 Å². The Hall–Kier alpha value is -0.900. The third-order valence-electron chi connectivity index (χ3n) is 5.09. The van der Waals surface area contributed by atoms with Crippen molar-refractivity contribution in [1.82, 2.24) is 15.5 Å². The number of nitrogens with zero attached hydrogens (tertiary/aromatic N) is 2. The maximum atomic E-state index is 5.13. The summed E-state index contributed by atoms with van der Waals surface area (Å²) in [5.41, 5.74) is 0.506. The third-order valence-corrected chi connectivity index (χ3v) is 5.09. The van der Waals surface area contributed by atoms with E-state index in [1.165, 1.54) is 32.1 Å². The van der Waals surface area contributed by atoms with E-state index in [1.807, 2.05) is 6.92 Å². The van der Waals surface area contributed by atoms with E-state index in [0.717, 1.165) is 30.6 Å². The molecule has 0 spiro atoms. The lowest BCUT2D eigenvalue weighted by atomic mass is 9.69. The molecule has 1 aliphatic carbocycles. The van der Waals surface area contributed by atoms with Gasteiger partial charge in [0.2, 0.25) is 5.89 Å². The van der Waals surface area contributed by atoms with Gasteiger partial charge in [0.15, 0.2) is 5.82 Å². The lowest BCUT2D eigenvalue weighted by Crippen LogP contribution is -2.37. The van der Waals surface area contributed by atoms with E-state index in [4.69, 9.17) is 4.52 Å². The fraction of sp³-hybridized carbons (Fsp3) is 0.875. The molecule has 2 rings (SSSR count). The average Bonchev–Trinajstić information content (AvgIpc) is 2.85. The molecule has 4 heteroatoms. The first-order valence-corrected chi connectivity index (χ1v) is 8.04. The number of hydrogen-bond donors (Lipinski definition) is 1. The van der Waals surface area contributed by atoms with Crippen LogP contribution in [-0.2, 0) is 6.42 Å². The van der Waals surface area contributed by atoms with Gasteiger partial charge >= 0.3 is 0 Å². The molecule has 1 heterocycles. The van der Waals surface area contributed by atoms with Crippen LogP contribution in [0.2, 0.25) is 0 Å². The second-order valence-electron chi connectivity index (χ2n) is 6.83. The lowest BCUT2D eigenvalue weighted by molar-refractivity contribution is 0.137. The highest BCUT2D eigenvalue weighted by Gasteiger charge is 2.31. The summed E-state index contributed by atoms with van der Waals surface area (Å²) in [5, 5.41) is 7.46. The van der Waals surface area contributed by atoms with Gasteiger partial charge in [0.25, 0.3) is 0 Å². The Balaban J connectivity index is 1.67. The standard InChI is InChI=1S/C16H29N3O/c1-5-16(3,4)13-6-8-14(9-7-13)17-11-10-15-18-12(2)19-20-15/h13-14,17H,5-11H2,1-4H3. The summed E-state index contributed by atoms with van der Waals surface area (Å²) in [6.07, 6.45) is 7.44. The van der Waals surface area contributed by atoms with Crippen molar-refractivity contribution in [3.05, 3.63) is 11.7 Å². The van der Waals surface area contributed by atoms with Crippen molar-refractivity contribution in [3.8, 4) is 0 Å². The predicted molar refractivity (Wildman–Crippen MR) is 80.6 cm³/mol. The van der Waals surface area contributed by atoms with Crippen molar-refractivity contribution in [2.75, 3.05) is 6.54 Å². The van der Waals surface area contributed by atoms with Gasteiger partial charge in [0.1, 0.15) is 0 Å². The van der Waals surface area contributed by atoms with E-state index < -0.39 is 0 Å². The molecule has 0 saturated heterocycles. The highest BCUT2D eigenvalue weighted by atomic mass is 16.5. The van der Waals surface area contributed by atoms with Gasteiger partial charge in [-0.2, -0.15) is 4.98 Å². The van der Waals surface area contributed by atoms with E-state index >= 15 is 0 Å². The van der Waals surface area contributed by atoms with Crippen molar-refractivity contribution >= 4 is 0 Å². The molecular weight excluding hydrogens is 250 g/mol. The fourth-order valence-electron chi connectivity index (χ4n) is 3.19. The van der Waals surface area contributed by atoms with E-state index in [-0.39, 0.29) is 0 Å². The molecule has 0 amide bonds. The summed E-state index contributed by atoms with van der Waals surface area (Å²) in [6.45, 7) is 9.95. The summed E-state index contributed by atoms with van der Waals surface area (Å²) in [5.74, 6) is 2.36. The minimum absolute atomic E-state index is 0.506. The average molecular weight is 279 g/mol. The Bertz CT molecular complexity index is 406. The van der Waals surface area contributed by atoms with Crippen molar-refractivity contribution in [1.29, 1.82) is 0 Å². The highest BCUT2D eigenvalue weighted by Crippen LogP contribution is 2.40. The van der Waals surface area contributed by atoms with Crippen LogP contribution in [0.25, 0.3) is 0 Å². The molecule has 0 unspecified atom stereocenters. The molecule has 0 atom stereocenters. The Morgan fingerprint density at radius 3 is 2.50 bits per heavy atom. The topological polar surface area (TPSA) is 51.0 Å². The van der Waals surface area contributed by atoms with Gasteiger partial charge in [-0.15, -0.1) is 0 Å². The van der Waals surface area contributed by atoms with Gasteiger partial charge < -0.3 is 9.84 Å². The molecular formula is C16H29N3O. The summed E-state index contributed by atoms with van der Waals surface area (Å²) in [4.78, 5) is 4.23. The molecule has 0 aromatic carbocycles. The second kappa shape index (κ2) is 6.70. The molecule has 1 fully saturated rings. The monoisotopic (exact) mass is 279 g/mol. The number of nitrogens with one attached hydrogen (secondary N) is 1. The number of rotatable bonds is 6. The molecule has 1 aliphatic rings. The maximum absolute atomic E-state index is 5.13. The van der Waals surface area contributed by atoms with Gasteiger partial charge in [-0.1, -0.05) is 32.3 Å². The van der Waals surface area contributed by atoms with Crippen LogP contribution in [0.3, 0.4) is 0 Å².